The molecule has 1 amide bonds. The Bertz CT molecular complexity index is 280. The van der Waals surface area contributed by atoms with Crippen LogP contribution in [0.4, 0.5) is 0 Å². The van der Waals surface area contributed by atoms with Crippen molar-refractivity contribution >= 4 is 5.91 Å². The normalized spacial score (nSPS) is 10.6. The van der Waals surface area contributed by atoms with Crippen molar-refractivity contribution in [3.63, 3.8) is 0 Å². The van der Waals surface area contributed by atoms with E-state index in [1.54, 1.807) is 10.6 Å². The van der Waals surface area contributed by atoms with Gasteiger partial charge >= 0.3 is 0 Å². The molecule has 1 N–H and O–H groups in total. The summed E-state index contributed by atoms with van der Waals surface area (Å²) in [6.45, 7) is 2.09. The highest BCUT2D eigenvalue weighted by molar-refractivity contribution is 5.75. The van der Waals surface area contributed by atoms with Crippen molar-refractivity contribution in [1.82, 2.24) is 14.8 Å². The number of carbonyl (C=O) groups excluding carboxylic acids is 1. The number of aromatic nitrogens is 1. The molecular weight excluding hydrogens is 190 g/mol. The zero-order valence-electron chi connectivity index (χ0n) is 9.36. The molecule has 0 aliphatic rings. The van der Waals surface area contributed by atoms with Crippen LogP contribution in [0.1, 0.15) is 6.42 Å². The lowest BCUT2D eigenvalue weighted by Crippen LogP contribution is -2.29. The molecule has 0 bridgehead atoms. The fourth-order valence-electron chi connectivity index (χ4n) is 1.26. The summed E-state index contributed by atoms with van der Waals surface area (Å²) in [5, 5.41) is 2.87. The van der Waals surface area contributed by atoms with Crippen molar-refractivity contribution in [2.75, 3.05) is 27.2 Å². The molecule has 0 spiro atoms. The number of carbonyl (C=O) groups is 1. The van der Waals surface area contributed by atoms with Crippen LogP contribution in [-0.4, -0.2) is 42.6 Å². The Balaban J connectivity index is 2.09. The van der Waals surface area contributed by atoms with Crippen LogP contribution < -0.4 is 5.32 Å². The van der Waals surface area contributed by atoms with Gasteiger partial charge in [-0.3, -0.25) is 4.79 Å². The van der Waals surface area contributed by atoms with E-state index in [9.17, 15) is 4.79 Å². The van der Waals surface area contributed by atoms with Gasteiger partial charge in [0.25, 0.3) is 0 Å². The van der Waals surface area contributed by atoms with Gasteiger partial charge in [0.05, 0.1) is 6.20 Å². The lowest BCUT2D eigenvalue weighted by molar-refractivity contribution is -0.121. The van der Waals surface area contributed by atoms with Crippen LogP contribution in [0.15, 0.2) is 18.3 Å². The minimum atomic E-state index is 0.0428. The largest absolute Gasteiger partial charge is 0.355 e. The van der Waals surface area contributed by atoms with Gasteiger partial charge in [0.15, 0.2) is 0 Å². The molecule has 0 unspecified atom stereocenters. The van der Waals surface area contributed by atoms with Gasteiger partial charge in [-0.25, -0.2) is 0 Å². The predicted molar refractivity (Wildman–Crippen MR) is 59.4 cm³/mol. The number of nitrogens with zero attached hydrogens (tertiary/aromatic N) is 2. The van der Waals surface area contributed by atoms with Crippen molar-refractivity contribution in [2.24, 2.45) is 0 Å². The highest BCUT2D eigenvalue weighted by Gasteiger charge is 2.00. The average molecular weight is 208 g/mol. The van der Waals surface area contributed by atoms with E-state index in [-0.39, 0.29) is 5.91 Å². The molecule has 0 aromatic carbocycles. The molecule has 0 aliphatic carbocycles. The number of amides is 1. The Labute approximate surface area is 90.9 Å². The van der Waals surface area contributed by atoms with E-state index in [1.165, 1.54) is 0 Å². The van der Waals surface area contributed by atoms with E-state index in [0.29, 0.717) is 6.54 Å². The maximum Gasteiger partial charge on any atom is 0.239 e. The first-order valence-corrected chi connectivity index (χ1v) is 5.13. The van der Waals surface area contributed by atoms with Gasteiger partial charge in [-0.05, 0) is 39.2 Å². The molecule has 1 rings (SSSR count). The van der Waals surface area contributed by atoms with Crippen LogP contribution in [0.5, 0.6) is 0 Å². The molecule has 0 saturated heterocycles. The maximum atomic E-state index is 11.4. The standard InChI is InChI=1S/C11H18N3O/c1-13(2)7-5-6-12-11(15)10-14-8-3-4-9-14/h3-4,8H,5-7,10H2,1-2H3,(H,12,15). The van der Waals surface area contributed by atoms with Crippen LogP contribution in [-0.2, 0) is 11.3 Å². The third-order valence-corrected chi connectivity index (χ3v) is 2.02. The molecule has 4 nitrogen and oxygen atoms in total. The summed E-state index contributed by atoms with van der Waals surface area (Å²) in [5.41, 5.74) is 0. The van der Waals surface area contributed by atoms with E-state index in [0.717, 1.165) is 19.5 Å². The number of nitrogens with one attached hydrogen (secondary N) is 1. The van der Waals surface area contributed by atoms with Crippen molar-refractivity contribution in [3.8, 4) is 0 Å². The Morgan fingerprint density at radius 2 is 2.33 bits per heavy atom. The summed E-state index contributed by atoms with van der Waals surface area (Å²) < 4.78 is 1.74. The number of hydrogen-bond donors (Lipinski definition) is 1. The van der Waals surface area contributed by atoms with E-state index in [1.807, 2.05) is 26.4 Å². The molecule has 83 valence electrons. The van der Waals surface area contributed by atoms with E-state index < -0.39 is 0 Å². The molecule has 1 heterocycles. The topological polar surface area (TPSA) is 37.3 Å². The second-order valence-corrected chi connectivity index (χ2v) is 3.77. The monoisotopic (exact) mass is 208 g/mol. The van der Waals surface area contributed by atoms with E-state index in [2.05, 4.69) is 16.4 Å². The summed E-state index contributed by atoms with van der Waals surface area (Å²) >= 11 is 0. The summed E-state index contributed by atoms with van der Waals surface area (Å²) in [4.78, 5) is 13.5. The van der Waals surface area contributed by atoms with Gasteiger partial charge in [-0.2, -0.15) is 0 Å². The van der Waals surface area contributed by atoms with Crippen LogP contribution in [0.2, 0.25) is 0 Å². The van der Waals surface area contributed by atoms with Gasteiger partial charge in [0.2, 0.25) is 5.91 Å². The lowest BCUT2D eigenvalue weighted by Gasteiger charge is -2.09. The van der Waals surface area contributed by atoms with Gasteiger partial charge in [0.1, 0.15) is 6.54 Å². The van der Waals surface area contributed by atoms with Gasteiger partial charge in [-0.1, -0.05) is 0 Å². The smallest absolute Gasteiger partial charge is 0.239 e. The third-order valence-electron chi connectivity index (χ3n) is 2.02. The molecular formula is C11H18N3O. The molecule has 0 aliphatic heterocycles. The number of rotatable bonds is 6. The fourth-order valence-corrected chi connectivity index (χ4v) is 1.26. The second kappa shape index (κ2) is 6.24. The zero-order chi connectivity index (χ0) is 11.1. The molecule has 15 heavy (non-hydrogen) atoms. The van der Waals surface area contributed by atoms with Gasteiger partial charge in [-0.15, -0.1) is 0 Å². The predicted octanol–water partition coefficient (Wildman–Crippen LogP) is 0.356. The summed E-state index contributed by atoms with van der Waals surface area (Å²) in [6.07, 6.45) is 5.74. The number of hydrogen-bond acceptors (Lipinski definition) is 2. The minimum Gasteiger partial charge on any atom is -0.355 e. The molecule has 1 radical (unpaired) electrons. The van der Waals surface area contributed by atoms with Crippen LogP contribution >= 0.6 is 0 Å². The Morgan fingerprint density at radius 3 is 2.93 bits per heavy atom. The molecule has 0 saturated carbocycles. The van der Waals surface area contributed by atoms with Gasteiger partial charge in [0, 0.05) is 12.7 Å². The molecule has 1 aromatic rings. The molecule has 4 heteroatoms. The van der Waals surface area contributed by atoms with Crippen LogP contribution in [0, 0.1) is 6.20 Å². The minimum absolute atomic E-state index is 0.0428. The summed E-state index contributed by atoms with van der Waals surface area (Å²) in [7, 11) is 4.05. The van der Waals surface area contributed by atoms with Crippen LogP contribution in [0.3, 0.4) is 0 Å². The molecule has 1 aromatic heterocycles. The summed E-state index contributed by atoms with van der Waals surface area (Å²) in [6, 6.07) is 3.65. The Hall–Kier alpha value is -1.29. The fraction of sp³-hybridized carbons (Fsp3) is 0.545. The lowest BCUT2D eigenvalue weighted by atomic mass is 10.4. The molecule has 0 fully saturated rings. The first-order valence-electron chi connectivity index (χ1n) is 5.13. The third kappa shape index (κ3) is 5.22. The Kier molecular flexibility index (Phi) is 4.90. The maximum absolute atomic E-state index is 11.4. The first-order chi connectivity index (χ1) is 7.18. The average Bonchev–Trinajstić information content (AvgIpc) is 2.64. The quantitative estimate of drug-likeness (QED) is 0.685. The van der Waals surface area contributed by atoms with Crippen molar-refractivity contribution in [1.29, 1.82) is 0 Å². The van der Waals surface area contributed by atoms with Crippen molar-refractivity contribution in [3.05, 3.63) is 24.5 Å². The van der Waals surface area contributed by atoms with Crippen molar-refractivity contribution < 1.29 is 4.79 Å². The second-order valence-electron chi connectivity index (χ2n) is 3.77. The highest BCUT2D eigenvalue weighted by atomic mass is 16.1. The Morgan fingerprint density at radius 1 is 1.53 bits per heavy atom. The molecule has 0 atom stereocenters. The highest BCUT2D eigenvalue weighted by Crippen LogP contribution is 1.88. The van der Waals surface area contributed by atoms with Crippen molar-refractivity contribution in [2.45, 2.75) is 13.0 Å². The van der Waals surface area contributed by atoms with E-state index in [4.69, 9.17) is 0 Å². The van der Waals surface area contributed by atoms with E-state index >= 15 is 0 Å². The SMILES string of the molecule is CN(C)CCCNC(=O)Cn1[c]ccc1. The summed E-state index contributed by atoms with van der Waals surface area (Å²) in [5.74, 6) is 0.0428. The van der Waals surface area contributed by atoms with Crippen LogP contribution in [0.25, 0.3) is 0 Å². The van der Waals surface area contributed by atoms with Gasteiger partial charge < -0.3 is 14.8 Å². The zero-order valence-corrected chi connectivity index (χ0v) is 9.36. The first kappa shape index (κ1) is 11.8.